The van der Waals surface area contributed by atoms with E-state index in [4.69, 9.17) is 5.73 Å². The van der Waals surface area contributed by atoms with E-state index in [0.29, 0.717) is 0 Å². The third-order valence-electron chi connectivity index (χ3n) is 2.44. The molecular weight excluding hydrogens is 206 g/mol. The normalized spacial score (nSPS) is 12.5. The first-order valence-corrected chi connectivity index (χ1v) is 6.25. The summed E-state index contributed by atoms with van der Waals surface area (Å²) in [6.07, 6.45) is 3.66. The number of rotatable bonds is 5. The van der Waals surface area contributed by atoms with Crippen LogP contribution in [0.15, 0.2) is 29.2 Å². The molecule has 0 aliphatic heterocycles. The minimum absolute atomic E-state index is 0.0663. The molecule has 0 saturated carbocycles. The predicted molar refractivity (Wildman–Crippen MR) is 65.2 cm³/mol. The van der Waals surface area contributed by atoms with Crippen LogP contribution in [0.1, 0.15) is 18.9 Å². The smallest absolute Gasteiger partial charge is 0.146 e. The lowest BCUT2D eigenvalue weighted by Crippen LogP contribution is -2.28. The molecule has 0 aliphatic rings. The zero-order chi connectivity index (χ0) is 11.3. The number of ketones is 1. The third kappa shape index (κ3) is 3.68. The number of aryl methyl sites for hydroxylation is 1. The van der Waals surface area contributed by atoms with Crippen LogP contribution in [0.5, 0.6) is 0 Å². The van der Waals surface area contributed by atoms with E-state index >= 15 is 0 Å². The molecule has 0 saturated heterocycles. The molecule has 0 unspecified atom stereocenters. The van der Waals surface area contributed by atoms with Crippen molar-refractivity contribution in [3.05, 3.63) is 29.8 Å². The minimum atomic E-state index is -0.320. The van der Waals surface area contributed by atoms with E-state index in [9.17, 15) is 4.79 Å². The van der Waals surface area contributed by atoms with Crippen molar-refractivity contribution in [1.29, 1.82) is 0 Å². The van der Waals surface area contributed by atoms with E-state index in [1.165, 1.54) is 10.5 Å². The maximum atomic E-state index is 11.0. The minimum Gasteiger partial charge on any atom is -0.322 e. The van der Waals surface area contributed by atoms with Crippen molar-refractivity contribution in [3.63, 3.8) is 0 Å². The van der Waals surface area contributed by atoms with Crippen LogP contribution in [0, 0.1) is 0 Å². The zero-order valence-electron chi connectivity index (χ0n) is 9.19. The number of thioether (sulfide) groups is 1. The van der Waals surface area contributed by atoms with Crippen LogP contribution in [-0.4, -0.2) is 18.1 Å². The van der Waals surface area contributed by atoms with Crippen molar-refractivity contribution in [2.75, 3.05) is 6.26 Å². The monoisotopic (exact) mass is 223 g/mol. The molecule has 82 valence electrons. The number of carbonyl (C=O) groups excluding carboxylic acids is 1. The lowest BCUT2D eigenvalue weighted by atomic mass is 10.0. The number of carbonyl (C=O) groups is 1. The summed E-state index contributed by atoms with van der Waals surface area (Å²) in [5.41, 5.74) is 6.98. The van der Waals surface area contributed by atoms with Gasteiger partial charge in [0.25, 0.3) is 0 Å². The van der Waals surface area contributed by atoms with E-state index in [1.807, 2.05) is 12.1 Å². The van der Waals surface area contributed by atoms with Crippen LogP contribution < -0.4 is 5.73 Å². The van der Waals surface area contributed by atoms with Gasteiger partial charge in [-0.15, -0.1) is 11.8 Å². The average molecular weight is 223 g/mol. The topological polar surface area (TPSA) is 43.1 Å². The Balaban J connectivity index is 2.60. The molecule has 15 heavy (non-hydrogen) atoms. The Morgan fingerprint density at radius 3 is 2.73 bits per heavy atom. The molecular formula is C12H17NOS. The van der Waals surface area contributed by atoms with Gasteiger partial charge in [0.1, 0.15) is 5.78 Å². The first-order valence-electron chi connectivity index (χ1n) is 5.03. The summed E-state index contributed by atoms with van der Waals surface area (Å²) in [4.78, 5) is 12.3. The van der Waals surface area contributed by atoms with E-state index in [1.54, 1.807) is 18.7 Å². The fourth-order valence-corrected chi connectivity index (χ4v) is 2.07. The molecule has 0 amide bonds. The van der Waals surface area contributed by atoms with E-state index < -0.39 is 0 Å². The van der Waals surface area contributed by atoms with Gasteiger partial charge in [-0.1, -0.05) is 18.2 Å². The van der Waals surface area contributed by atoms with Crippen molar-refractivity contribution >= 4 is 17.5 Å². The number of Topliss-reactive ketones (excluding diaryl/α,β-unsaturated/α-hetero) is 1. The highest BCUT2D eigenvalue weighted by molar-refractivity contribution is 7.98. The molecule has 2 nitrogen and oxygen atoms in total. The highest BCUT2D eigenvalue weighted by Gasteiger charge is 2.09. The maximum Gasteiger partial charge on any atom is 0.146 e. The van der Waals surface area contributed by atoms with Crippen LogP contribution in [0.2, 0.25) is 0 Å². The Morgan fingerprint density at radius 1 is 1.47 bits per heavy atom. The predicted octanol–water partition coefficient (Wildman–Crippen LogP) is 2.26. The summed E-state index contributed by atoms with van der Waals surface area (Å²) in [6.45, 7) is 1.55. The largest absolute Gasteiger partial charge is 0.322 e. The van der Waals surface area contributed by atoms with Crippen LogP contribution >= 0.6 is 11.8 Å². The standard InChI is InChI=1S/C12H17NOS/c1-9(14)11(13)8-7-10-5-3-4-6-12(10)15-2/h3-6,11H,7-8,13H2,1-2H3/t11-/m0/s1. The van der Waals surface area contributed by atoms with Crippen molar-refractivity contribution in [2.24, 2.45) is 5.73 Å². The fraction of sp³-hybridized carbons (Fsp3) is 0.417. The Morgan fingerprint density at radius 2 is 2.13 bits per heavy atom. The van der Waals surface area contributed by atoms with Gasteiger partial charge in [0, 0.05) is 4.90 Å². The summed E-state index contributed by atoms with van der Waals surface area (Å²) in [7, 11) is 0. The van der Waals surface area contributed by atoms with Gasteiger partial charge < -0.3 is 5.73 Å². The van der Waals surface area contributed by atoms with Gasteiger partial charge in [-0.05, 0) is 37.7 Å². The molecule has 0 spiro atoms. The molecule has 1 rings (SSSR count). The van der Waals surface area contributed by atoms with Crippen molar-refractivity contribution < 1.29 is 4.79 Å². The molecule has 1 atom stereocenters. The highest BCUT2D eigenvalue weighted by atomic mass is 32.2. The van der Waals surface area contributed by atoms with Crippen molar-refractivity contribution in [1.82, 2.24) is 0 Å². The van der Waals surface area contributed by atoms with Gasteiger partial charge in [-0.3, -0.25) is 4.79 Å². The second kappa shape index (κ2) is 5.93. The summed E-state index contributed by atoms with van der Waals surface area (Å²) >= 11 is 1.73. The molecule has 1 aromatic carbocycles. The maximum absolute atomic E-state index is 11.0. The van der Waals surface area contributed by atoms with E-state index in [0.717, 1.165) is 12.8 Å². The van der Waals surface area contributed by atoms with Crippen LogP contribution in [0.3, 0.4) is 0 Å². The molecule has 0 fully saturated rings. The van der Waals surface area contributed by atoms with Crippen molar-refractivity contribution in [3.8, 4) is 0 Å². The highest BCUT2D eigenvalue weighted by Crippen LogP contribution is 2.21. The van der Waals surface area contributed by atoms with Gasteiger partial charge in [0.2, 0.25) is 0 Å². The second-order valence-electron chi connectivity index (χ2n) is 3.57. The Kier molecular flexibility index (Phi) is 4.85. The molecule has 0 radical (unpaired) electrons. The lowest BCUT2D eigenvalue weighted by Gasteiger charge is -2.10. The second-order valence-corrected chi connectivity index (χ2v) is 4.42. The number of benzene rings is 1. The van der Waals surface area contributed by atoms with Crippen LogP contribution in [0.4, 0.5) is 0 Å². The molecule has 2 N–H and O–H groups in total. The third-order valence-corrected chi connectivity index (χ3v) is 3.28. The fourth-order valence-electron chi connectivity index (χ4n) is 1.42. The number of hydrogen-bond donors (Lipinski definition) is 1. The molecule has 0 heterocycles. The lowest BCUT2D eigenvalue weighted by molar-refractivity contribution is -0.118. The summed E-state index contributed by atoms with van der Waals surface area (Å²) < 4.78 is 0. The average Bonchev–Trinajstić information content (AvgIpc) is 2.26. The first-order chi connectivity index (χ1) is 7.15. The van der Waals surface area contributed by atoms with Crippen LogP contribution in [0.25, 0.3) is 0 Å². The Hall–Kier alpha value is -0.800. The zero-order valence-corrected chi connectivity index (χ0v) is 10.0. The van der Waals surface area contributed by atoms with Gasteiger partial charge in [0.05, 0.1) is 6.04 Å². The molecule has 0 aliphatic carbocycles. The van der Waals surface area contributed by atoms with Gasteiger partial charge >= 0.3 is 0 Å². The van der Waals surface area contributed by atoms with E-state index in [2.05, 4.69) is 18.4 Å². The molecule has 0 bridgehead atoms. The number of hydrogen-bond acceptors (Lipinski definition) is 3. The van der Waals surface area contributed by atoms with Gasteiger partial charge in [0.15, 0.2) is 0 Å². The summed E-state index contributed by atoms with van der Waals surface area (Å²) in [5.74, 6) is 0.0663. The van der Waals surface area contributed by atoms with Gasteiger partial charge in [-0.2, -0.15) is 0 Å². The quantitative estimate of drug-likeness (QED) is 0.779. The molecule has 3 heteroatoms. The van der Waals surface area contributed by atoms with Gasteiger partial charge in [-0.25, -0.2) is 0 Å². The Labute approximate surface area is 95.2 Å². The molecule has 0 aromatic heterocycles. The molecule has 1 aromatic rings. The van der Waals surface area contributed by atoms with Crippen LogP contribution in [-0.2, 0) is 11.2 Å². The number of nitrogens with two attached hydrogens (primary N) is 1. The summed E-state index contributed by atoms with van der Waals surface area (Å²) in [5, 5.41) is 0. The Bertz CT molecular complexity index is 338. The first kappa shape index (κ1) is 12.3. The van der Waals surface area contributed by atoms with E-state index in [-0.39, 0.29) is 11.8 Å². The SMILES string of the molecule is CSc1ccccc1CC[C@H](N)C(C)=O. The summed E-state index contributed by atoms with van der Waals surface area (Å²) in [6, 6.07) is 7.92. The van der Waals surface area contributed by atoms with Crippen molar-refractivity contribution in [2.45, 2.75) is 30.7 Å².